The largest absolute Gasteiger partial charge is 0.298 e. The van der Waals surface area contributed by atoms with Crippen molar-refractivity contribution in [2.45, 2.75) is 26.3 Å². The Morgan fingerprint density at radius 3 is 2.82 bits per heavy atom. The standard InChI is InChI=1S/C8H12N2O/c1-3-8(7(2)11)10-6-4-5-9-10/h4-6,8H,3H2,1-2H3. The summed E-state index contributed by atoms with van der Waals surface area (Å²) in [5, 5.41) is 4.00. The molecule has 0 radical (unpaired) electrons. The number of rotatable bonds is 3. The molecule has 0 bridgehead atoms. The molecule has 1 atom stereocenters. The van der Waals surface area contributed by atoms with Crippen LogP contribution in [-0.4, -0.2) is 15.6 Å². The van der Waals surface area contributed by atoms with Gasteiger partial charge in [0.1, 0.15) is 6.04 Å². The molecule has 1 unspecified atom stereocenters. The third-order valence-corrected chi connectivity index (χ3v) is 1.70. The second kappa shape index (κ2) is 3.32. The predicted octanol–water partition coefficient (Wildman–Crippen LogP) is 1.42. The van der Waals surface area contributed by atoms with E-state index >= 15 is 0 Å². The van der Waals surface area contributed by atoms with Gasteiger partial charge in [-0.1, -0.05) is 6.92 Å². The summed E-state index contributed by atoms with van der Waals surface area (Å²) in [5.74, 6) is 0.163. The summed E-state index contributed by atoms with van der Waals surface area (Å²) in [4.78, 5) is 11.0. The highest BCUT2D eigenvalue weighted by Gasteiger charge is 2.12. The van der Waals surface area contributed by atoms with Gasteiger partial charge in [-0.15, -0.1) is 0 Å². The molecule has 1 rings (SSSR count). The molecule has 0 aliphatic heterocycles. The Labute approximate surface area is 66.0 Å². The molecule has 1 aromatic heterocycles. The van der Waals surface area contributed by atoms with Crippen LogP contribution in [-0.2, 0) is 4.79 Å². The maximum atomic E-state index is 11.0. The molecule has 0 amide bonds. The lowest BCUT2D eigenvalue weighted by Crippen LogP contribution is -2.16. The summed E-state index contributed by atoms with van der Waals surface area (Å²) in [6, 6.07) is 1.75. The van der Waals surface area contributed by atoms with Gasteiger partial charge in [0.2, 0.25) is 0 Å². The van der Waals surface area contributed by atoms with E-state index in [1.807, 2.05) is 19.2 Å². The van der Waals surface area contributed by atoms with Crippen molar-refractivity contribution in [1.29, 1.82) is 0 Å². The molecule has 0 aliphatic carbocycles. The van der Waals surface area contributed by atoms with E-state index in [4.69, 9.17) is 0 Å². The number of ketones is 1. The molecule has 0 fully saturated rings. The maximum absolute atomic E-state index is 11.0. The van der Waals surface area contributed by atoms with Crippen LogP contribution in [0.25, 0.3) is 0 Å². The van der Waals surface area contributed by atoms with Gasteiger partial charge in [-0.2, -0.15) is 5.10 Å². The summed E-state index contributed by atoms with van der Waals surface area (Å²) in [6.45, 7) is 3.57. The fourth-order valence-corrected chi connectivity index (χ4v) is 1.13. The number of Topliss-reactive ketones (excluding diaryl/α,β-unsaturated/α-hetero) is 1. The van der Waals surface area contributed by atoms with Gasteiger partial charge in [0.15, 0.2) is 5.78 Å². The molecule has 0 saturated carbocycles. The lowest BCUT2D eigenvalue weighted by Gasteiger charge is -2.10. The van der Waals surface area contributed by atoms with E-state index in [-0.39, 0.29) is 11.8 Å². The molecule has 1 heterocycles. The number of carbonyl (C=O) groups excluding carboxylic acids is 1. The molecule has 11 heavy (non-hydrogen) atoms. The molecule has 0 spiro atoms. The van der Waals surface area contributed by atoms with Crippen molar-refractivity contribution >= 4 is 5.78 Å². The van der Waals surface area contributed by atoms with Crippen LogP contribution in [0.1, 0.15) is 26.3 Å². The number of nitrogens with zero attached hydrogens (tertiary/aromatic N) is 2. The van der Waals surface area contributed by atoms with E-state index in [0.29, 0.717) is 0 Å². The van der Waals surface area contributed by atoms with E-state index in [1.54, 1.807) is 17.8 Å². The van der Waals surface area contributed by atoms with Crippen LogP contribution in [0.4, 0.5) is 0 Å². The third-order valence-electron chi connectivity index (χ3n) is 1.70. The topological polar surface area (TPSA) is 34.9 Å². The van der Waals surface area contributed by atoms with Gasteiger partial charge in [0.05, 0.1) is 0 Å². The van der Waals surface area contributed by atoms with E-state index in [9.17, 15) is 4.79 Å². The quantitative estimate of drug-likeness (QED) is 0.656. The highest BCUT2D eigenvalue weighted by atomic mass is 16.1. The maximum Gasteiger partial charge on any atom is 0.154 e. The Kier molecular flexibility index (Phi) is 2.41. The molecule has 0 aromatic carbocycles. The zero-order valence-electron chi connectivity index (χ0n) is 6.82. The SMILES string of the molecule is CCC(C(C)=O)n1cccn1. The van der Waals surface area contributed by atoms with E-state index < -0.39 is 0 Å². The Morgan fingerprint density at radius 1 is 1.73 bits per heavy atom. The van der Waals surface area contributed by atoms with Gasteiger partial charge >= 0.3 is 0 Å². The van der Waals surface area contributed by atoms with Crippen molar-refractivity contribution in [3.8, 4) is 0 Å². The zero-order valence-corrected chi connectivity index (χ0v) is 6.82. The normalized spacial score (nSPS) is 12.9. The highest BCUT2D eigenvalue weighted by Crippen LogP contribution is 2.09. The van der Waals surface area contributed by atoms with Gasteiger partial charge in [-0.3, -0.25) is 9.48 Å². The van der Waals surface area contributed by atoms with E-state index in [2.05, 4.69) is 5.10 Å². The lowest BCUT2D eigenvalue weighted by molar-refractivity contribution is -0.120. The molecule has 0 saturated heterocycles. The van der Waals surface area contributed by atoms with Crippen LogP contribution in [0.5, 0.6) is 0 Å². The third kappa shape index (κ3) is 1.67. The van der Waals surface area contributed by atoms with Crippen molar-refractivity contribution < 1.29 is 4.79 Å². The summed E-state index contributed by atoms with van der Waals surface area (Å²) in [7, 11) is 0. The number of carbonyl (C=O) groups is 1. The molecule has 0 aliphatic rings. The first-order valence-electron chi connectivity index (χ1n) is 3.75. The Bertz CT molecular complexity index is 228. The van der Waals surface area contributed by atoms with E-state index in [1.165, 1.54) is 0 Å². The van der Waals surface area contributed by atoms with Gasteiger partial charge in [0, 0.05) is 12.4 Å². The van der Waals surface area contributed by atoms with Gasteiger partial charge in [-0.25, -0.2) is 0 Å². The van der Waals surface area contributed by atoms with Crippen molar-refractivity contribution in [3.05, 3.63) is 18.5 Å². The van der Waals surface area contributed by atoms with Crippen LogP contribution in [0, 0.1) is 0 Å². The predicted molar refractivity (Wildman–Crippen MR) is 42.2 cm³/mol. The number of aromatic nitrogens is 2. The fourth-order valence-electron chi connectivity index (χ4n) is 1.13. The first-order valence-corrected chi connectivity index (χ1v) is 3.75. The summed E-state index contributed by atoms with van der Waals surface area (Å²) < 4.78 is 1.70. The molecule has 60 valence electrons. The van der Waals surface area contributed by atoms with Crippen molar-refractivity contribution in [1.82, 2.24) is 9.78 Å². The first-order chi connectivity index (χ1) is 5.25. The number of hydrogen-bond acceptors (Lipinski definition) is 2. The highest BCUT2D eigenvalue weighted by molar-refractivity contribution is 5.79. The fraction of sp³-hybridized carbons (Fsp3) is 0.500. The summed E-state index contributed by atoms with van der Waals surface area (Å²) in [5.41, 5.74) is 0. The second-order valence-corrected chi connectivity index (χ2v) is 2.52. The van der Waals surface area contributed by atoms with Crippen LogP contribution in [0.15, 0.2) is 18.5 Å². The second-order valence-electron chi connectivity index (χ2n) is 2.52. The molecule has 3 heteroatoms. The van der Waals surface area contributed by atoms with Crippen LogP contribution < -0.4 is 0 Å². The van der Waals surface area contributed by atoms with Crippen molar-refractivity contribution in [2.75, 3.05) is 0 Å². The number of hydrogen-bond donors (Lipinski definition) is 0. The minimum Gasteiger partial charge on any atom is -0.298 e. The minimum atomic E-state index is -0.0787. The summed E-state index contributed by atoms with van der Waals surface area (Å²) in [6.07, 6.45) is 4.30. The Hall–Kier alpha value is -1.12. The molecule has 0 N–H and O–H groups in total. The minimum absolute atomic E-state index is 0.0787. The zero-order chi connectivity index (χ0) is 8.27. The van der Waals surface area contributed by atoms with Crippen LogP contribution in [0.2, 0.25) is 0 Å². The smallest absolute Gasteiger partial charge is 0.154 e. The van der Waals surface area contributed by atoms with Gasteiger partial charge in [-0.05, 0) is 19.4 Å². The first kappa shape index (κ1) is 7.98. The van der Waals surface area contributed by atoms with Crippen molar-refractivity contribution in [3.63, 3.8) is 0 Å². The average Bonchev–Trinajstić information content (AvgIpc) is 2.40. The van der Waals surface area contributed by atoms with Gasteiger partial charge < -0.3 is 0 Å². The average molecular weight is 152 g/mol. The molecular weight excluding hydrogens is 140 g/mol. The summed E-state index contributed by atoms with van der Waals surface area (Å²) >= 11 is 0. The monoisotopic (exact) mass is 152 g/mol. The van der Waals surface area contributed by atoms with Crippen LogP contribution in [0.3, 0.4) is 0 Å². The van der Waals surface area contributed by atoms with Gasteiger partial charge in [0.25, 0.3) is 0 Å². The Balaban J connectivity index is 2.79. The van der Waals surface area contributed by atoms with Crippen LogP contribution >= 0.6 is 0 Å². The lowest BCUT2D eigenvalue weighted by atomic mass is 10.1. The molecule has 3 nitrogen and oxygen atoms in total. The van der Waals surface area contributed by atoms with Crippen molar-refractivity contribution in [2.24, 2.45) is 0 Å². The molecular formula is C8H12N2O. The Morgan fingerprint density at radius 2 is 2.45 bits per heavy atom. The molecule has 1 aromatic rings. The van der Waals surface area contributed by atoms with E-state index in [0.717, 1.165) is 6.42 Å².